The van der Waals surface area contributed by atoms with Crippen molar-refractivity contribution < 1.29 is 38.3 Å². The van der Waals surface area contributed by atoms with Crippen LogP contribution >= 0.6 is 0 Å². The van der Waals surface area contributed by atoms with E-state index in [9.17, 15) is 9.59 Å². The third-order valence-electron chi connectivity index (χ3n) is 3.88. The quantitative estimate of drug-likeness (QED) is 0.322. The number of aliphatic carboxylic acids is 1. The summed E-state index contributed by atoms with van der Waals surface area (Å²) in [5, 5.41) is 10.3. The summed E-state index contributed by atoms with van der Waals surface area (Å²) >= 11 is 1.32. The van der Waals surface area contributed by atoms with Crippen LogP contribution in [-0.2, 0) is 28.4 Å². The molecule has 2 aromatic carbocycles. The summed E-state index contributed by atoms with van der Waals surface area (Å²) < 4.78 is 4.72. The van der Waals surface area contributed by atoms with Gasteiger partial charge >= 0.3 is 99.1 Å². The molecule has 0 bridgehead atoms. The number of carbonyl (C=O) groups excluding carboxylic acids is 1. The Labute approximate surface area is 166 Å². The molecule has 0 radical (unpaired) electrons. The van der Waals surface area contributed by atoms with Gasteiger partial charge in [0.05, 0.1) is 0 Å². The summed E-state index contributed by atoms with van der Waals surface area (Å²) in [6.07, 6.45) is 8.74. The molecule has 2 aromatic rings. The van der Waals surface area contributed by atoms with Crippen LogP contribution in [0.4, 0.5) is 0 Å². The molecule has 26 heavy (non-hydrogen) atoms. The van der Waals surface area contributed by atoms with Crippen molar-refractivity contribution in [1.29, 1.82) is 0 Å². The number of unbranched alkanes of at least 4 members (excludes halogenated alkanes) is 5. The van der Waals surface area contributed by atoms with Gasteiger partial charge in [0.25, 0.3) is 0 Å². The van der Waals surface area contributed by atoms with Crippen LogP contribution in [-0.4, -0.2) is 17.0 Å². The number of carbonyl (C=O) groups is 2. The number of carboxylic acid groups (broad SMARTS) is 1. The first-order valence-corrected chi connectivity index (χ1v) is 9.56. The third-order valence-corrected chi connectivity index (χ3v) is 4.26. The van der Waals surface area contributed by atoms with E-state index >= 15 is 0 Å². The topological polar surface area (TPSA) is 63.6 Å². The van der Waals surface area contributed by atoms with Crippen molar-refractivity contribution in [1.82, 2.24) is 0 Å². The van der Waals surface area contributed by atoms with Gasteiger partial charge in [0.2, 0.25) is 0 Å². The van der Waals surface area contributed by atoms with Crippen LogP contribution in [0.1, 0.15) is 55.3 Å². The van der Waals surface area contributed by atoms with E-state index in [0.29, 0.717) is 12.0 Å². The van der Waals surface area contributed by atoms with Crippen LogP contribution in [0.15, 0.2) is 55.1 Å². The molecule has 0 amide bonds. The van der Waals surface area contributed by atoms with Gasteiger partial charge in [-0.05, 0) is 19.3 Å². The number of carboxylic acids is 1. The Morgan fingerprint density at radius 3 is 2.35 bits per heavy atom. The molecule has 0 aliphatic rings. The van der Waals surface area contributed by atoms with E-state index in [4.69, 9.17) is 8.50 Å². The normalized spacial score (nSPS) is 9.85. The van der Waals surface area contributed by atoms with Crippen molar-refractivity contribution in [2.45, 2.75) is 44.9 Å². The summed E-state index contributed by atoms with van der Waals surface area (Å²) in [5.41, 5.74) is 0.619. The first-order valence-electron chi connectivity index (χ1n) is 8.74. The molecule has 0 unspecified atom stereocenters. The first-order chi connectivity index (χ1) is 12.6. The van der Waals surface area contributed by atoms with E-state index in [1.165, 1.54) is 33.0 Å². The molecule has 139 valence electrons. The number of hydrogen-bond donors (Lipinski definition) is 1. The maximum atomic E-state index is 11.4. The fourth-order valence-electron chi connectivity index (χ4n) is 2.54. The Hall–Kier alpha value is -1.93. The van der Waals surface area contributed by atoms with Crippen LogP contribution in [0.2, 0.25) is 0 Å². The second-order valence-electron chi connectivity index (χ2n) is 5.89. The fraction of sp³-hybridized carbons (Fsp3) is 0.333. The van der Waals surface area contributed by atoms with Crippen molar-refractivity contribution in [2.24, 2.45) is 0 Å². The number of rotatable bonds is 9. The molecule has 1 N–H and O–H groups in total. The van der Waals surface area contributed by atoms with Crippen molar-refractivity contribution in [2.75, 3.05) is 0 Å². The molecule has 0 fully saturated rings. The zero-order valence-electron chi connectivity index (χ0n) is 14.9. The number of hydrogen-bond acceptors (Lipinski definition) is 3. The molecule has 0 aliphatic heterocycles. The van der Waals surface area contributed by atoms with Gasteiger partial charge in [-0.15, -0.1) is 6.58 Å². The molecule has 0 spiro atoms. The Kier molecular flexibility index (Phi) is 11.3. The molecule has 4 nitrogen and oxygen atoms in total. The van der Waals surface area contributed by atoms with Crippen molar-refractivity contribution in [3.63, 3.8) is 0 Å². The molecule has 0 saturated carbocycles. The Bertz CT molecular complexity index is 707. The van der Waals surface area contributed by atoms with Crippen molar-refractivity contribution in [3.8, 4) is 0 Å². The average molecular weight is 437 g/mol. The van der Waals surface area contributed by atoms with Gasteiger partial charge in [-0.1, -0.05) is 25.3 Å². The summed E-state index contributed by atoms with van der Waals surface area (Å²) in [6.45, 7) is 3.64. The van der Waals surface area contributed by atoms with Gasteiger partial charge in [-0.3, -0.25) is 4.79 Å². The fourth-order valence-corrected chi connectivity index (χ4v) is 2.76. The second kappa shape index (κ2) is 13.3. The van der Waals surface area contributed by atoms with E-state index in [2.05, 4.69) is 6.58 Å². The van der Waals surface area contributed by atoms with Crippen LogP contribution in [0.5, 0.6) is 0 Å². The molecular formula is C21H25MoO4. The van der Waals surface area contributed by atoms with Gasteiger partial charge in [0, 0.05) is 6.42 Å². The Balaban J connectivity index is 0.000000265. The predicted molar refractivity (Wildman–Crippen MR) is 99.5 cm³/mol. The molecule has 0 aliphatic carbocycles. The predicted octanol–water partition coefficient (Wildman–Crippen LogP) is 5.45. The summed E-state index contributed by atoms with van der Waals surface area (Å²) in [4.78, 5) is 21.5. The van der Waals surface area contributed by atoms with E-state index < -0.39 is 5.97 Å². The summed E-state index contributed by atoms with van der Waals surface area (Å²) in [5.74, 6) is -0.965. The van der Waals surface area contributed by atoms with Crippen LogP contribution < -0.4 is 0 Å². The molecule has 5 heteroatoms. The monoisotopic (exact) mass is 439 g/mol. The minimum absolute atomic E-state index is 0.286. The van der Waals surface area contributed by atoms with Gasteiger partial charge in [0.1, 0.15) is 0 Å². The molecule has 0 atom stereocenters. The van der Waals surface area contributed by atoms with E-state index in [0.717, 1.165) is 36.5 Å². The SMILES string of the molecule is C=CCCCCCCCC(=O)O.O=C([O][Mo])c1cccc2ccccc12. The number of allylic oxidation sites excluding steroid dienone is 1. The molecular weight excluding hydrogens is 412 g/mol. The maximum absolute atomic E-state index is 11.4. The van der Waals surface area contributed by atoms with Gasteiger partial charge in [0.15, 0.2) is 0 Å². The molecule has 2 rings (SSSR count). The molecule has 0 aromatic heterocycles. The number of fused-ring (bicyclic) bond motifs is 1. The van der Waals surface area contributed by atoms with Gasteiger partial charge in [-0.25, -0.2) is 0 Å². The molecule has 0 saturated heterocycles. The van der Waals surface area contributed by atoms with Crippen molar-refractivity contribution in [3.05, 3.63) is 60.7 Å². The van der Waals surface area contributed by atoms with Crippen LogP contribution in [0, 0.1) is 0 Å². The van der Waals surface area contributed by atoms with Crippen LogP contribution in [0.3, 0.4) is 0 Å². The van der Waals surface area contributed by atoms with E-state index in [1.807, 2.05) is 42.5 Å². The summed E-state index contributed by atoms with van der Waals surface area (Å²) in [6, 6.07) is 13.4. The first kappa shape index (κ1) is 22.1. The van der Waals surface area contributed by atoms with Gasteiger partial charge < -0.3 is 5.11 Å². The number of benzene rings is 2. The second-order valence-corrected chi connectivity index (χ2v) is 6.30. The zero-order valence-corrected chi connectivity index (χ0v) is 16.9. The van der Waals surface area contributed by atoms with Crippen molar-refractivity contribution >= 4 is 22.7 Å². The van der Waals surface area contributed by atoms with Gasteiger partial charge in [-0.2, -0.15) is 0 Å². The molecule has 0 heterocycles. The standard InChI is InChI=1S/C11H8O2.C10H18O2.Mo/c12-11(13)10-7-3-5-8-4-1-2-6-9(8)10;1-2-3-4-5-6-7-8-9-10(11)12;/h1-7H,(H,12,13);2H,1,3-9H2,(H,11,12);/q;;+1/p-1. The minimum atomic E-state index is -0.680. The van der Waals surface area contributed by atoms with E-state index in [1.54, 1.807) is 6.07 Å². The Morgan fingerprint density at radius 2 is 1.65 bits per heavy atom. The van der Waals surface area contributed by atoms with E-state index in [-0.39, 0.29) is 5.97 Å². The average Bonchev–Trinajstić information content (AvgIpc) is 2.66. The van der Waals surface area contributed by atoms with Crippen LogP contribution in [0.25, 0.3) is 10.8 Å². The third kappa shape index (κ3) is 8.44. The Morgan fingerprint density at radius 1 is 1.00 bits per heavy atom. The zero-order chi connectivity index (χ0) is 19.2. The summed E-state index contributed by atoms with van der Waals surface area (Å²) in [7, 11) is 0.